The van der Waals surface area contributed by atoms with Crippen molar-refractivity contribution in [2.75, 3.05) is 14.2 Å². The number of hydrogen-bond donors (Lipinski definition) is 0. The maximum absolute atomic E-state index is 11.7. The van der Waals surface area contributed by atoms with Crippen LogP contribution in [0.1, 0.15) is 91.9 Å². The average Bonchev–Trinajstić information content (AvgIpc) is 2.66. The van der Waals surface area contributed by atoms with Crippen molar-refractivity contribution in [3.05, 3.63) is 0 Å². The predicted octanol–water partition coefficient (Wildman–Crippen LogP) is 5.90. The summed E-state index contributed by atoms with van der Waals surface area (Å²) in [5.41, 5.74) is 0. The third kappa shape index (κ3) is 7.85. The first-order valence-electron chi connectivity index (χ1n) is 11.7. The molecule has 0 aromatic carbocycles. The van der Waals surface area contributed by atoms with E-state index in [1.54, 1.807) is 7.05 Å². The molecule has 2 aliphatic carbocycles. The van der Waals surface area contributed by atoms with Crippen LogP contribution in [0.2, 0.25) is 0 Å². The van der Waals surface area contributed by atoms with Gasteiger partial charge in [-0.25, -0.2) is 5.06 Å². The van der Waals surface area contributed by atoms with Crippen molar-refractivity contribution in [1.82, 2.24) is 5.06 Å². The minimum atomic E-state index is 0.142. The molecule has 0 bridgehead atoms. The van der Waals surface area contributed by atoms with Gasteiger partial charge >= 0.3 is 0 Å². The zero-order chi connectivity index (χ0) is 21.1. The van der Waals surface area contributed by atoms with E-state index in [1.165, 1.54) is 63.5 Å². The summed E-state index contributed by atoms with van der Waals surface area (Å²) in [4.78, 5) is 27.0. The second kappa shape index (κ2) is 13.3. The lowest BCUT2D eigenvalue weighted by Crippen LogP contribution is -2.39. The first kappa shape index (κ1) is 25.1. The summed E-state index contributed by atoms with van der Waals surface area (Å²) < 4.78 is 0. The minimum absolute atomic E-state index is 0.142. The van der Waals surface area contributed by atoms with E-state index in [0.717, 1.165) is 42.8 Å². The Morgan fingerprint density at radius 2 is 1.36 bits per heavy atom. The SMILES string of the molecule is CCC(CC)CC1CC(C(=O)N(C)OC)C1.CCC(CC)CC1CC(C=O)C1. The Labute approximate surface area is 173 Å². The van der Waals surface area contributed by atoms with Gasteiger partial charge < -0.3 is 4.79 Å². The molecule has 0 aromatic heterocycles. The molecule has 2 rings (SSSR count). The van der Waals surface area contributed by atoms with Gasteiger partial charge in [0.2, 0.25) is 5.91 Å². The summed E-state index contributed by atoms with van der Waals surface area (Å²) in [5, 5.41) is 1.36. The molecule has 2 aliphatic rings. The van der Waals surface area contributed by atoms with Gasteiger partial charge in [-0.05, 0) is 62.2 Å². The van der Waals surface area contributed by atoms with Gasteiger partial charge in [0.25, 0.3) is 0 Å². The fourth-order valence-corrected chi connectivity index (χ4v) is 4.75. The van der Waals surface area contributed by atoms with Crippen molar-refractivity contribution in [1.29, 1.82) is 0 Å². The van der Waals surface area contributed by atoms with Gasteiger partial charge in [-0.3, -0.25) is 9.63 Å². The first-order chi connectivity index (χ1) is 13.4. The maximum atomic E-state index is 11.7. The molecule has 2 fully saturated rings. The number of nitrogens with zero attached hydrogens (tertiary/aromatic N) is 1. The third-order valence-electron chi connectivity index (χ3n) is 7.28. The van der Waals surface area contributed by atoms with Gasteiger partial charge in [0.15, 0.2) is 0 Å². The molecule has 1 amide bonds. The summed E-state index contributed by atoms with van der Waals surface area (Å²) in [6.45, 7) is 9.05. The van der Waals surface area contributed by atoms with Crippen LogP contribution in [0.25, 0.3) is 0 Å². The number of amides is 1. The average molecular weight is 396 g/mol. The second-order valence-electron chi connectivity index (χ2n) is 9.12. The topological polar surface area (TPSA) is 46.6 Å². The summed E-state index contributed by atoms with van der Waals surface area (Å²) in [6, 6.07) is 0. The van der Waals surface area contributed by atoms with Crippen LogP contribution in [-0.2, 0) is 14.4 Å². The molecule has 0 unspecified atom stereocenters. The molecule has 28 heavy (non-hydrogen) atoms. The molecule has 0 heterocycles. The zero-order valence-corrected chi connectivity index (χ0v) is 19.3. The highest BCUT2D eigenvalue weighted by Gasteiger charge is 2.36. The highest BCUT2D eigenvalue weighted by Crippen LogP contribution is 2.40. The van der Waals surface area contributed by atoms with Crippen molar-refractivity contribution in [2.45, 2.75) is 91.9 Å². The fourth-order valence-electron chi connectivity index (χ4n) is 4.75. The Morgan fingerprint density at radius 1 is 0.929 bits per heavy atom. The molecule has 0 saturated heterocycles. The molecule has 2 saturated carbocycles. The molecule has 0 spiro atoms. The van der Waals surface area contributed by atoms with Crippen molar-refractivity contribution >= 4 is 12.2 Å². The summed E-state index contributed by atoms with van der Waals surface area (Å²) >= 11 is 0. The highest BCUT2D eigenvalue weighted by molar-refractivity contribution is 5.78. The monoisotopic (exact) mass is 395 g/mol. The fraction of sp³-hybridized carbons (Fsp3) is 0.917. The standard InChI is InChI=1S/C13H25NO2.C11H20O/c1-5-10(6-2)7-11-8-12(9-11)13(15)14(3)16-4;1-3-9(4-2)5-10-6-11(7-10)8-12/h10-12H,5-9H2,1-4H3;8-11H,3-7H2,1-2H3. The van der Waals surface area contributed by atoms with Crippen LogP contribution in [0.3, 0.4) is 0 Å². The summed E-state index contributed by atoms with van der Waals surface area (Å²) in [5.74, 6) is 4.15. The lowest BCUT2D eigenvalue weighted by atomic mass is 9.70. The minimum Gasteiger partial charge on any atom is -0.303 e. The number of hydroxylamine groups is 2. The largest absolute Gasteiger partial charge is 0.303 e. The second-order valence-corrected chi connectivity index (χ2v) is 9.12. The van der Waals surface area contributed by atoms with Crippen LogP contribution in [0.15, 0.2) is 0 Å². The quantitative estimate of drug-likeness (QED) is 0.323. The molecule has 0 aliphatic heterocycles. The molecular weight excluding hydrogens is 350 g/mol. The van der Waals surface area contributed by atoms with Crippen LogP contribution < -0.4 is 0 Å². The Morgan fingerprint density at radius 3 is 1.71 bits per heavy atom. The van der Waals surface area contributed by atoms with Crippen molar-refractivity contribution < 1.29 is 14.4 Å². The number of carbonyl (C=O) groups excluding carboxylic acids is 2. The Kier molecular flexibility index (Phi) is 12.0. The van der Waals surface area contributed by atoms with Crippen molar-refractivity contribution in [3.63, 3.8) is 0 Å². The first-order valence-corrected chi connectivity index (χ1v) is 11.7. The number of carbonyl (C=O) groups is 2. The van der Waals surface area contributed by atoms with Crippen LogP contribution in [0, 0.1) is 35.5 Å². The zero-order valence-electron chi connectivity index (χ0n) is 19.3. The van der Waals surface area contributed by atoms with Crippen molar-refractivity contribution in [2.24, 2.45) is 35.5 Å². The van der Waals surface area contributed by atoms with E-state index in [2.05, 4.69) is 27.7 Å². The Bertz CT molecular complexity index is 433. The van der Waals surface area contributed by atoms with Crippen molar-refractivity contribution in [3.8, 4) is 0 Å². The third-order valence-corrected chi connectivity index (χ3v) is 7.28. The van der Waals surface area contributed by atoms with E-state index in [4.69, 9.17) is 4.84 Å². The number of rotatable bonds is 11. The predicted molar refractivity (Wildman–Crippen MR) is 116 cm³/mol. The van der Waals surface area contributed by atoms with Gasteiger partial charge in [0, 0.05) is 18.9 Å². The van der Waals surface area contributed by atoms with Gasteiger partial charge in [-0.15, -0.1) is 0 Å². The molecule has 0 radical (unpaired) electrons. The lowest BCUT2D eigenvalue weighted by molar-refractivity contribution is -0.178. The van der Waals surface area contributed by atoms with Crippen LogP contribution in [0.5, 0.6) is 0 Å². The molecule has 0 atom stereocenters. The van der Waals surface area contributed by atoms with E-state index in [1.807, 2.05) is 0 Å². The number of hydrogen-bond acceptors (Lipinski definition) is 3. The molecule has 0 N–H and O–H groups in total. The van der Waals surface area contributed by atoms with E-state index < -0.39 is 0 Å². The lowest BCUT2D eigenvalue weighted by Gasteiger charge is -2.37. The maximum Gasteiger partial charge on any atom is 0.248 e. The van der Waals surface area contributed by atoms with Gasteiger partial charge in [0.1, 0.15) is 6.29 Å². The Hall–Kier alpha value is -0.900. The smallest absolute Gasteiger partial charge is 0.248 e. The van der Waals surface area contributed by atoms with Gasteiger partial charge in [-0.2, -0.15) is 0 Å². The molecule has 164 valence electrons. The normalized spacial score (nSPS) is 26.1. The summed E-state index contributed by atoms with van der Waals surface area (Å²) in [7, 11) is 3.23. The van der Waals surface area contributed by atoms with Crippen LogP contribution >= 0.6 is 0 Å². The van der Waals surface area contributed by atoms with Crippen LogP contribution in [0.4, 0.5) is 0 Å². The van der Waals surface area contributed by atoms with E-state index >= 15 is 0 Å². The van der Waals surface area contributed by atoms with E-state index in [0.29, 0.717) is 5.92 Å². The van der Waals surface area contributed by atoms with Crippen LogP contribution in [-0.4, -0.2) is 31.4 Å². The molecule has 4 nitrogen and oxygen atoms in total. The van der Waals surface area contributed by atoms with Gasteiger partial charge in [-0.1, -0.05) is 53.4 Å². The molecule has 0 aromatic rings. The number of aldehydes is 1. The summed E-state index contributed by atoms with van der Waals surface area (Å²) in [6.07, 6.45) is 13.4. The Balaban J connectivity index is 0.000000292. The highest BCUT2D eigenvalue weighted by atomic mass is 16.7. The molecular formula is C24H45NO3. The van der Waals surface area contributed by atoms with E-state index in [9.17, 15) is 9.59 Å². The van der Waals surface area contributed by atoms with Gasteiger partial charge in [0.05, 0.1) is 7.11 Å². The van der Waals surface area contributed by atoms with E-state index in [-0.39, 0.29) is 11.8 Å². The molecule has 4 heteroatoms.